The zero-order chi connectivity index (χ0) is 13.8. The molecule has 1 fully saturated rings. The number of likely N-dealkylation sites (tertiary alicyclic amines) is 1. The average molecular weight is 390 g/mol. The fourth-order valence-corrected chi connectivity index (χ4v) is 3.76. The van der Waals surface area contributed by atoms with Crippen molar-refractivity contribution in [3.05, 3.63) is 32.7 Å². The normalized spacial score (nSPS) is 24.6. The van der Waals surface area contributed by atoms with Crippen molar-refractivity contribution in [1.29, 1.82) is 0 Å². The van der Waals surface area contributed by atoms with Gasteiger partial charge in [0.25, 0.3) is 0 Å². The van der Waals surface area contributed by atoms with Gasteiger partial charge in [-0.3, -0.25) is 4.90 Å². The first kappa shape index (κ1) is 15.5. The number of hydrogen-bond donors (Lipinski definition) is 1. The zero-order valence-corrected chi connectivity index (χ0v) is 14.6. The van der Waals surface area contributed by atoms with Crippen molar-refractivity contribution in [3.63, 3.8) is 0 Å². The highest BCUT2D eigenvalue weighted by atomic mass is 79.9. The van der Waals surface area contributed by atoms with Crippen LogP contribution >= 0.6 is 31.9 Å². The lowest BCUT2D eigenvalue weighted by molar-refractivity contribution is 0.0960. The van der Waals surface area contributed by atoms with Gasteiger partial charge in [-0.2, -0.15) is 0 Å². The summed E-state index contributed by atoms with van der Waals surface area (Å²) in [5, 5.41) is 0. The molecule has 2 atom stereocenters. The number of rotatable bonds is 4. The van der Waals surface area contributed by atoms with Crippen LogP contribution < -0.4 is 5.73 Å². The lowest BCUT2D eigenvalue weighted by Crippen LogP contribution is -2.41. The third-order valence-corrected chi connectivity index (χ3v) is 5.84. The first-order chi connectivity index (χ1) is 9.17. The van der Waals surface area contributed by atoms with Gasteiger partial charge in [0.1, 0.15) is 0 Å². The second kappa shape index (κ2) is 7.21. The van der Waals surface area contributed by atoms with E-state index in [0.717, 1.165) is 22.0 Å². The van der Waals surface area contributed by atoms with Crippen molar-refractivity contribution in [2.24, 2.45) is 11.7 Å². The molecule has 0 bridgehead atoms. The quantitative estimate of drug-likeness (QED) is 0.829. The highest BCUT2D eigenvalue weighted by Gasteiger charge is 2.31. The first-order valence-electron chi connectivity index (χ1n) is 7.06. The minimum Gasteiger partial charge on any atom is -0.330 e. The molecule has 2 N–H and O–H groups in total. The largest absolute Gasteiger partial charge is 0.330 e. The van der Waals surface area contributed by atoms with E-state index in [4.69, 9.17) is 5.73 Å². The van der Waals surface area contributed by atoms with Crippen molar-refractivity contribution in [1.82, 2.24) is 4.90 Å². The second-order valence-electron chi connectivity index (χ2n) is 5.29. The Labute approximate surface area is 133 Å². The lowest BCUT2D eigenvalue weighted by Gasteiger charge is -2.41. The summed E-state index contributed by atoms with van der Waals surface area (Å²) < 4.78 is 2.24. The summed E-state index contributed by atoms with van der Waals surface area (Å²) >= 11 is 7.16. The minimum absolute atomic E-state index is 0.475. The molecule has 2 rings (SSSR count). The topological polar surface area (TPSA) is 29.3 Å². The molecule has 0 saturated carbocycles. The summed E-state index contributed by atoms with van der Waals surface area (Å²) in [6.07, 6.45) is 3.72. The van der Waals surface area contributed by atoms with Gasteiger partial charge >= 0.3 is 0 Å². The van der Waals surface area contributed by atoms with E-state index in [1.54, 1.807) is 0 Å². The van der Waals surface area contributed by atoms with E-state index >= 15 is 0 Å². The van der Waals surface area contributed by atoms with Gasteiger partial charge in [-0.15, -0.1) is 0 Å². The Bertz CT molecular complexity index is 421. The average Bonchev–Trinajstić information content (AvgIpc) is 2.42. The van der Waals surface area contributed by atoms with Crippen LogP contribution in [0.2, 0.25) is 0 Å². The van der Waals surface area contributed by atoms with Crippen LogP contribution in [0, 0.1) is 5.92 Å². The predicted octanol–water partition coefficient (Wildman–Crippen LogP) is 4.33. The molecule has 1 aliphatic rings. The smallest absolute Gasteiger partial charge is 0.0388 e. The molecule has 4 heteroatoms. The van der Waals surface area contributed by atoms with Crippen molar-refractivity contribution in [2.45, 2.75) is 32.2 Å². The van der Waals surface area contributed by atoms with Crippen LogP contribution in [0.5, 0.6) is 0 Å². The third kappa shape index (κ3) is 3.60. The van der Waals surface area contributed by atoms with Gasteiger partial charge in [0.05, 0.1) is 0 Å². The summed E-state index contributed by atoms with van der Waals surface area (Å²) in [6.45, 7) is 5.39. The van der Waals surface area contributed by atoms with Crippen molar-refractivity contribution in [3.8, 4) is 0 Å². The Morgan fingerprint density at radius 3 is 2.74 bits per heavy atom. The number of hydrogen-bond acceptors (Lipinski definition) is 2. The molecule has 1 heterocycles. The molecule has 0 spiro atoms. The summed E-state index contributed by atoms with van der Waals surface area (Å²) in [4.78, 5) is 2.61. The standard InChI is InChI=1S/C15H22Br2N2/c1-2-7-19-8-3-4-12(10-18)15(19)11-5-6-13(16)14(17)9-11/h5-6,9,12,15H,2-4,7-8,10,18H2,1H3. The summed E-state index contributed by atoms with van der Waals surface area (Å²) in [7, 11) is 0. The van der Waals surface area contributed by atoms with E-state index in [1.807, 2.05) is 0 Å². The van der Waals surface area contributed by atoms with E-state index < -0.39 is 0 Å². The van der Waals surface area contributed by atoms with Gasteiger partial charge in [0.2, 0.25) is 0 Å². The molecule has 2 unspecified atom stereocenters. The van der Waals surface area contributed by atoms with Gasteiger partial charge in [-0.25, -0.2) is 0 Å². The maximum atomic E-state index is 6.01. The third-order valence-electron chi connectivity index (χ3n) is 3.96. The highest BCUT2D eigenvalue weighted by molar-refractivity contribution is 9.13. The van der Waals surface area contributed by atoms with Crippen LogP contribution in [-0.2, 0) is 0 Å². The molecule has 2 nitrogen and oxygen atoms in total. The molecule has 1 aliphatic heterocycles. The molecule has 19 heavy (non-hydrogen) atoms. The van der Waals surface area contributed by atoms with Crippen LogP contribution in [-0.4, -0.2) is 24.5 Å². The van der Waals surface area contributed by atoms with Crippen LogP contribution in [0.4, 0.5) is 0 Å². The molecule has 0 radical (unpaired) electrons. The monoisotopic (exact) mass is 388 g/mol. The van der Waals surface area contributed by atoms with Crippen LogP contribution in [0.1, 0.15) is 37.8 Å². The van der Waals surface area contributed by atoms with Gasteiger partial charge in [-0.1, -0.05) is 13.0 Å². The fourth-order valence-electron chi connectivity index (χ4n) is 3.12. The number of nitrogens with zero attached hydrogens (tertiary/aromatic N) is 1. The first-order valence-corrected chi connectivity index (χ1v) is 8.65. The number of nitrogens with two attached hydrogens (primary N) is 1. The SMILES string of the molecule is CCCN1CCCC(CN)C1c1ccc(Br)c(Br)c1. The Hall–Kier alpha value is 0.1000. The van der Waals surface area contributed by atoms with E-state index in [2.05, 4.69) is 61.9 Å². The van der Waals surface area contributed by atoms with Gasteiger partial charge in [-0.05, 0) is 94.4 Å². The Morgan fingerprint density at radius 1 is 1.32 bits per heavy atom. The molecule has 1 aromatic carbocycles. The van der Waals surface area contributed by atoms with Crippen LogP contribution in [0.25, 0.3) is 0 Å². The Morgan fingerprint density at radius 2 is 2.11 bits per heavy atom. The maximum Gasteiger partial charge on any atom is 0.0388 e. The summed E-state index contributed by atoms with van der Waals surface area (Å²) in [6, 6.07) is 7.08. The zero-order valence-electron chi connectivity index (χ0n) is 11.4. The lowest BCUT2D eigenvalue weighted by atomic mass is 9.84. The fraction of sp³-hybridized carbons (Fsp3) is 0.600. The predicted molar refractivity (Wildman–Crippen MR) is 88.2 cm³/mol. The molecule has 0 amide bonds. The summed E-state index contributed by atoms with van der Waals surface area (Å²) in [5.74, 6) is 0.577. The van der Waals surface area contributed by atoms with E-state index in [1.165, 1.54) is 31.4 Å². The number of benzene rings is 1. The van der Waals surface area contributed by atoms with Crippen molar-refractivity contribution in [2.75, 3.05) is 19.6 Å². The van der Waals surface area contributed by atoms with Gasteiger partial charge < -0.3 is 5.73 Å². The Balaban J connectivity index is 2.30. The maximum absolute atomic E-state index is 6.01. The summed E-state index contributed by atoms with van der Waals surface area (Å²) in [5.41, 5.74) is 7.40. The molecular formula is C15H22Br2N2. The van der Waals surface area contributed by atoms with Gasteiger partial charge in [0.15, 0.2) is 0 Å². The van der Waals surface area contributed by atoms with Crippen molar-refractivity contribution >= 4 is 31.9 Å². The molecule has 0 aliphatic carbocycles. The number of halogens is 2. The second-order valence-corrected chi connectivity index (χ2v) is 7.00. The van der Waals surface area contributed by atoms with E-state index in [0.29, 0.717) is 12.0 Å². The minimum atomic E-state index is 0.475. The molecule has 1 saturated heterocycles. The molecule has 106 valence electrons. The number of piperidine rings is 1. The molecule has 0 aromatic heterocycles. The molecular weight excluding hydrogens is 368 g/mol. The van der Waals surface area contributed by atoms with Crippen LogP contribution in [0.3, 0.4) is 0 Å². The van der Waals surface area contributed by atoms with Crippen LogP contribution in [0.15, 0.2) is 27.1 Å². The molecule has 1 aromatic rings. The van der Waals surface area contributed by atoms with Crippen molar-refractivity contribution < 1.29 is 0 Å². The van der Waals surface area contributed by atoms with E-state index in [9.17, 15) is 0 Å². The highest BCUT2D eigenvalue weighted by Crippen LogP contribution is 2.37. The van der Waals surface area contributed by atoms with E-state index in [-0.39, 0.29) is 0 Å². The Kier molecular flexibility index (Phi) is 5.87. The van der Waals surface area contributed by atoms with Gasteiger partial charge in [0, 0.05) is 15.0 Å².